The smallest absolute Gasteiger partial charge is 0.240 e. The van der Waals surface area contributed by atoms with Gasteiger partial charge in [0, 0.05) is 61.3 Å². The second kappa shape index (κ2) is 15.1. The monoisotopic (exact) mass is 865 g/mol. The van der Waals surface area contributed by atoms with E-state index in [1.165, 1.54) is 0 Å². The summed E-state index contributed by atoms with van der Waals surface area (Å²) in [5.41, 5.74) is 9.29. The zero-order valence-corrected chi connectivity index (χ0v) is 35.7. The van der Waals surface area contributed by atoms with Crippen molar-refractivity contribution in [3.63, 3.8) is 0 Å². The average molecular weight is 867 g/mol. The summed E-state index contributed by atoms with van der Waals surface area (Å²) in [7, 11) is -3.69. The van der Waals surface area contributed by atoms with E-state index in [1.54, 1.807) is 13.1 Å². The number of carbonyl (C=O) groups is 1. The Balaban J connectivity index is 0.890. The molecule has 0 bridgehead atoms. The molecule has 10 rings (SSSR count). The van der Waals surface area contributed by atoms with Gasteiger partial charge in [-0.3, -0.25) is 24.3 Å². The molecule has 3 atom stereocenters. The SMILES string of the molecule is Cc1c(Nc2nccc3cc(CN4CC[C@@H](O)C4)cnc23)cccc1-c1cccc(-c2nc3cc4c(c(Cl)c3o2)CC[C@H]4N2CC[C@@H](C(=O)NS(=O)(=O)C3(C)CC3)C2)c1Cl. The van der Waals surface area contributed by atoms with E-state index in [0.29, 0.717) is 77.3 Å². The van der Waals surface area contributed by atoms with Crippen LogP contribution in [-0.2, 0) is 27.8 Å². The maximum atomic E-state index is 13.1. The van der Waals surface area contributed by atoms with Gasteiger partial charge in [0.15, 0.2) is 11.4 Å². The lowest BCUT2D eigenvalue weighted by Crippen LogP contribution is -2.42. The molecule has 5 heterocycles. The van der Waals surface area contributed by atoms with Crippen molar-refractivity contribution in [3.05, 3.63) is 99.3 Å². The highest BCUT2D eigenvalue weighted by molar-refractivity contribution is 7.91. The first-order valence-corrected chi connectivity index (χ1v) is 22.8. The van der Waals surface area contributed by atoms with Crippen LogP contribution in [0.25, 0.3) is 44.6 Å². The van der Waals surface area contributed by atoms with Gasteiger partial charge in [0.1, 0.15) is 11.0 Å². The van der Waals surface area contributed by atoms with Crippen LogP contribution < -0.4 is 10.0 Å². The summed E-state index contributed by atoms with van der Waals surface area (Å²) in [5.74, 6) is 0.194. The van der Waals surface area contributed by atoms with Gasteiger partial charge in [-0.25, -0.2) is 18.4 Å². The van der Waals surface area contributed by atoms with Crippen LogP contribution in [0.15, 0.2) is 71.4 Å². The number of amides is 1. The van der Waals surface area contributed by atoms with Crippen molar-refractivity contribution < 1.29 is 22.7 Å². The third-order valence-corrected chi connectivity index (χ3v) is 16.1. The number of nitrogens with one attached hydrogen (secondary N) is 2. The molecule has 0 spiro atoms. The van der Waals surface area contributed by atoms with Crippen LogP contribution in [0.5, 0.6) is 0 Å². The van der Waals surface area contributed by atoms with Gasteiger partial charge in [-0.2, -0.15) is 0 Å². The van der Waals surface area contributed by atoms with E-state index in [1.807, 2.05) is 61.7 Å². The summed E-state index contributed by atoms with van der Waals surface area (Å²) in [6, 6.07) is 18.0. The van der Waals surface area contributed by atoms with E-state index in [2.05, 4.69) is 30.9 Å². The highest BCUT2D eigenvalue weighted by atomic mass is 35.5. The van der Waals surface area contributed by atoms with Crippen LogP contribution in [0.1, 0.15) is 67.3 Å². The fourth-order valence-electron chi connectivity index (χ4n) is 9.23. The topological polar surface area (TPSA) is 154 Å². The molecule has 6 aromatic rings. The number of hydrogen-bond donors (Lipinski definition) is 3. The number of nitrogens with zero attached hydrogens (tertiary/aromatic N) is 5. The molecule has 15 heteroatoms. The van der Waals surface area contributed by atoms with Crippen molar-refractivity contribution in [3.8, 4) is 22.6 Å². The Morgan fingerprint density at radius 1 is 0.983 bits per heavy atom. The number of pyridine rings is 2. The van der Waals surface area contributed by atoms with Gasteiger partial charge in [-0.15, -0.1) is 0 Å². The van der Waals surface area contributed by atoms with Crippen molar-refractivity contribution in [2.75, 3.05) is 31.5 Å². The minimum atomic E-state index is -3.69. The lowest BCUT2D eigenvalue weighted by molar-refractivity contribution is -0.122. The fourth-order valence-corrected chi connectivity index (χ4v) is 11.2. The number of aliphatic hydroxyl groups is 1. The second-order valence-corrected chi connectivity index (χ2v) is 20.1. The molecule has 0 unspecified atom stereocenters. The molecule has 3 N–H and O–H groups in total. The zero-order chi connectivity index (χ0) is 41.5. The van der Waals surface area contributed by atoms with Crippen LogP contribution in [0.4, 0.5) is 11.5 Å². The van der Waals surface area contributed by atoms with Gasteiger partial charge in [-0.05, 0) is 117 Å². The number of oxazole rings is 1. The van der Waals surface area contributed by atoms with Crippen LogP contribution in [0.2, 0.25) is 10.0 Å². The van der Waals surface area contributed by atoms with E-state index >= 15 is 0 Å². The number of carbonyl (C=O) groups excluding carboxylic acids is 1. The van der Waals surface area contributed by atoms with Crippen LogP contribution in [0, 0.1) is 12.8 Å². The molecule has 3 aromatic carbocycles. The fraction of sp³-hybridized carbons (Fsp3) is 0.378. The van der Waals surface area contributed by atoms with Crippen molar-refractivity contribution in [1.82, 2.24) is 29.5 Å². The lowest BCUT2D eigenvalue weighted by Gasteiger charge is -2.25. The predicted octanol–water partition coefficient (Wildman–Crippen LogP) is 8.34. The molecule has 2 aliphatic carbocycles. The number of β-amino-alcohol motifs (C(OH)–C–C–N with tert-alkyl or cyclic N) is 1. The summed E-state index contributed by atoms with van der Waals surface area (Å²) in [4.78, 5) is 32.0. The number of rotatable bonds is 10. The Morgan fingerprint density at radius 3 is 2.58 bits per heavy atom. The van der Waals surface area contributed by atoms with E-state index in [0.717, 1.165) is 82.3 Å². The van der Waals surface area contributed by atoms with Gasteiger partial charge < -0.3 is 14.8 Å². The Morgan fingerprint density at radius 2 is 1.78 bits per heavy atom. The Kier molecular flexibility index (Phi) is 9.92. The molecular formula is C45H45Cl2N7O5S. The quantitative estimate of drug-likeness (QED) is 0.122. The Labute approximate surface area is 358 Å². The molecule has 60 heavy (non-hydrogen) atoms. The number of likely N-dealkylation sites (tertiary alicyclic amines) is 2. The van der Waals surface area contributed by atoms with E-state index in [-0.39, 0.29) is 12.1 Å². The number of sulfonamides is 1. The Hall–Kier alpha value is -4.63. The molecule has 310 valence electrons. The first kappa shape index (κ1) is 39.5. The largest absolute Gasteiger partial charge is 0.434 e. The first-order chi connectivity index (χ1) is 28.9. The third-order valence-electron chi connectivity index (χ3n) is 13.1. The molecule has 3 fully saturated rings. The normalized spacial score (nSPS) is 21.5. The molecule has 0 radical (unpaired) electrons. The second-order valence-electron chi connectivity index (χ2n) is 17.1. The molecule has 1 amide bonds. The minimum absolute atomic E-state index is 0.0288. The van der Waals surface area contributed by atoms with Crippen LogP contribution in [-0.4, -0.2) is 81.2 Å². The lowest BCUT2D eigenvalue weighted by atomic mass is 9.97. The number of aromatic nitrogens is 3. The number of benzene rings is 3. The maximum Gasteiger partial charge on any atom is 0.240 e. The Bertz CT molecular complexity index is 2830. The number of halogens is 2. The molecule has 2 aliphatic heterocycles. The molecular weight excluding hydrogens is 822 g/mol. The van der Waals surface area contributed by atoms with Crippen LogP contribution >= 0.6 is 23.2 Å². The minimum Gasteiger partial charge on any atom is -0.434 e. The summed E-state index contributed by atoms with van der Waals surface area (Å²) in [6.07, 6.45) is 7.53. The third kappa shape index (κ3) is 7.02. The summed E-state index contributed by atoms with van der Waals surface area (Å²) < 4.78 is 33.4. The van der Waals surface area contributed by atoms with Gasteiger partial charge in [0.2, 0.25) is 21.8 Å². The van der Waals surface area contributed by atoms with Gasteiger partial charge in [0.05, 0.1) is 32.4 Å². The predicted molar refractivity (Wildman–Crippen MR) is 234 cm³/mol. The van der Waals surface area contributed by atoms with E-state index in [4.69, 9.17) is 37.6 Å². The average Bonchev–Trinajstić information content (AvgIpc) is 3.69. The molecule has 2 saturated heterocycles. The maximum absolute atomic E-state index is 13.1. The summed E-state index contributed by atoms with van der Waals surface area (Å²) in [5, 5.41) is 15.5. The number of anilines is 2. The van der Waals surface area contributed by atoms with Crippen LogP contribution in [0.3, 0.4) is 0 Å². The van der Waals surface area contributed by atoms with Crippen molar-refractivity contribution >= 4 is 72.6 Å². The summed E-state index contributed by atoms with van der Waals surface area (Å²) >= 11 is 14.3. The molecule has 4 aliphatic rings. The first-order valence-electron chi connectivity index (χ1n) is 20.6. The van der Waals surface area contributed by atoms with Gasteiger partial charge >= 0.3 is 0 Å². The molecule has 1 saturated carbocycles. The zero-order valence-electron chi connectivity index (χ0n) is 33.3. The van der Waals surface area contributed by atoms with Gasteiger partial charge in [0.25, 0.3) is 0 Å². The van der Waals surface area contributed by atoms with E-state index in [9.17, 15) is 18.3 Å². The van der Waals surface area contributed by atoms with Gasteiger partial charge in [-0.1, -0.05) is 47.5 Å². The molecule has 3 aromatic heterocycles. The highest BCUT2D eigenvalue weighted by Crippen LogP contribution is 2.47. The van der Waals surface area contributed by atoms with Crippen molar-refractivity contribution in [2.45, 2.75) is 75.8 Å². The number of hydrogen-bond acceptors (Lipinski definition) is 11. The summed E-state index contributed by atoms with van der Waals surface area (Å²) in [6.45, 7) is 7.18. The standard InChI is InChI=1S/C45H45Cl2N7O5S/c1-25-30(5-4-8-35(25)50-42-40-27(11-16-48-42)19-26(21-49-40)22-53-17-13-29(55)24-53)31-6-3-7-33(38(31)46)44-51-36-20-34-32(39(47)41(36)59-44)9-10-37(34)54-18-12-28(23-54)43(56)52-60(57,58)45(2)14-15-45/h3-8,11,16,19-21,28-29,37,55H,9-10,12-15,17-18,22-24H2,1-2H3,(H,48,50)(H,52,56)/t28-,29-,37-/m1/s1. The van der Waals surface area contributed by atoms with Crippen molar-refractivity contribution in [1.29, 1.82) is 0 Å². The van der Waals surface area contributed by atoms with E-state index < -0.39 is 26.6 Å². The molecule has 12 nitrogen and oxygen atoms in total. The number of aliphatic hydroxyl groups excluding tert-OH is 1. The highest BCUT2D eigenvalue weighted by Gasteiger charge is 2.51. The number of fused-ring (bicyclic) bond motifs is 3. The van der Waals surface area contributed by atoms with Crippen molar-refractivity contribution in [2.24, 2.45) is 5.92 Å².